The van der Waals surface area contributed by atoms with Gasteiger partial charge in [-0.1, -0.05) is 19.1 Å². The van der Waals surface area contributed by atoms with Crippen LogP contribution >= 0.6 is 12.2 Å². The van der Waals surface area contributed by atoms with Gasteiger partial charge < -0.3 is 25.6 Å². The number of hydrogen-bond acceptors (Lipinski definition) is 6. The normalized spacial score (nSPS) is 18.4. The van der Waals surface area contributed by atoms with Crippen LogP contribution in [0.5, 0.6) is 0 Å². The predicted octanol–water partition coefficient (Wildman–Crippen LogP) is 2.99. The molecule has 0 spiro atoms. The van der Waals surface area contributed by atoms with E-state index in [1.54, 1.807) is 23.2 Å². The number of nitrogens with one attached hydrogen (secondary N) is 3. The quantitative estimate of drug-likeness (QED) is 0.621. The van der Waals surface area contributed by atoms with Crippen LogP contribution in [0, 0.1) is 11.7 Å². The third-order valence-electron chi connectivity index (χ3n) is 4.99. The van der Waals surface area contributed by atoms with Gasteiger partial charge in [0.15, 0.2) is 10.9 Å². The van der Waals surface area contributed by atoms with Gasteiger partial charge in [0.25, 0.3) is 0 Å². The number of amides is 1. The highest BCUT2D eigenvalue weighted by molar-refractivity contribution is 7.80. The zero-order valence-electron chi connectivity index (χ0n) is 16.9. The van der Waals surface area contributed by atoms with Gasteiger partial charge in [-0.25, -0.2) is 19.2 Å². The Morgan fingerprint density at radius 1 is 1.37 bits per heavy atom. The molecule has 160 valence electrons. The van der Waals surface area contributed by atoms with E-state index in [0.717, 1.165) is 12.0 Å². The van der Waals surface area contributed by atoms with E-state index in [-0.39, 0.29) is 23.9 Å². The van der Waals surface area contributed by atoms with Crippen molar-refractivity contribution in [2.45, 2.75) is 25.9 Å². The second-order valence-electron chi connectivity index (χ2n) is 7.15. The van der Waals surface area contributed by atoms with E-state index in [1.165, 1.54) is 25.6 Å². The molecule has 1 fully saturated rings. The van der Waals surface area contributed by atoms with Crippen molar-refractivity contribution in [2.75, 3.05) is 30.8 Å². The summed E-state index contributed by atoms with van der Waals surface area (Å²) in [5.41, 5.74) is 1.56. The maximum Gasteiger partial charge on any atom is 0.409 e. The van der Waals surface area contributed by atoms with Crippen LogP contribution in [0.15, 0.2) is 36.8 Å². The molecule has 1 aromatic heterocycles. The van der Waals surface area contributed by atoms with Crippen LogP contribution in [-0.2, 0) is 11.3 Å². The number of carbonyl (C=O) groups is 1. The maximum absolute atomic E-state index is 13.1. The highest BCUT2D eigenvalue weighted by atomic mass is 32.1. The second kappa shape index (κ2) is 10.1. The van der Waals surface area contributed by atoms with Gasteiger partial charge in [-0.05, 0) is 42.3 Å². The van der Waals surface area contributed by atoms with Crippen LogP contribution in [0.4, 0.5) is 20.7 Å². The zero-order chi connectivity index (χ0) is 21.5. The zero-order valence-corrected chi connectivity index (χ0v) is 17.7. The smallest absolute Gasteiger partial charge is 0.409 e. The standard InChI is InChI=1S/C20H25FN6O2S/c1-13-11-27(20(28)29-2)8-7-16(13)25-19(30)26-17-10-22-12-24-18(17)23-9-14-3-5-15(21)6-4-14/h3-6,10,12-13,16H,7-9,11H2,1-2H3,(H,22,23,24)(H2,25,26,30)/t13-,16+/m0/s1. The first kappa shape index (κ1) is 21.7. The Morgan fingerprint density at radius 2 is 2.13 bits per heavy atom. The predicted molar refractivity (Wildman–Crippen MR) is 117 cm³/mol. The van der Waals surface area contributed by atoms with Crippen molar-refractivity contribution in [3.63, 3.8) is 0 Å². The number of hydrogen-bond donors (Lipinski definition) is 3. The molecule has 10 heteroatoms. The number of aromatic nitrogens is 2. The molecule has 0 saturated carbocycles. The van der Waals surface area contributed by atoms with Crippen LogP contribution < -0.4 is 16.0 Å². The van der Waals surface area contributed by atoms with Gasteiger partial charge in [0, 0.05) is 25.7 Å². The van der Waals surface area contributed by atoms with Gasteiger partial charge >= 0.3 is 6.09 Å². The molecule has 1 amide bonds. The Balaban J connectivity index is 1.55. The number of methoxy groups -OCH3 is 1. The maximum atomic E-state index is 13.1. The first-order valence-corrected chi connectivity index (χ1v) is 10.1. The van der Waals surface area contributed by atoms with E-state index in [1.807, 2.05) is 0 Å². The number of piperidine rings is 1. The molecule has 8 nitrogen and oxygen atoms in total. The molecule has 0 unspecified atom stereocenters. The summed E-state index contributed by atoms with van der Waals surface area (Å²) in [4.78, 5) is 21.7. The van der Waals surface area contributed by atoms with Crippen molar-refractivity contribution in [2.24, 2.45) is 5.92 Å². The first-order chi connectivity index (χ1) is 14.5. The molecule has 1 saturated heterocycles. The summed E-state index contributed by atoms with van der Waals surface area (Å²) >= 11 is 5.47. The van der Waals surface area contributed by atoms with Crippen LogP contribution in [0.3, 0.4) is 0 Å². The van der Waals surface area contributed by atoms with Crippen LogP contribution in [0.25, 0.3) is 0 Å². The summed E-state index contributed by atoms with van der Waals surface area (Å²) in [5, 5.41) is 10.1. The molecule has 1 aromatic carbocycles. The number of thiocarbonyl (C=S) groups is 1. The van der Waals surface area contributed by atoms with Crippen LogP contribution in [-0.4, -0.2) is 52.3 Å². The van der Waals surface area contributed by atoms with Crippen molar-refractivity contribution in [1.82, 2.24) is 20.2 Å². The highest BCUT2D eigenvalue weighted by Crippen LogP contribution is 2.20. The van der Waals surface area contributed by atoms with Crippen molar-refractivity contribution < 1.29 is 13.9 Å². The minimum absolute atomic E-state index is 0.131. The van der Waals surface area contributed by atoms with E-state index < -0.39 is 0 Å². The van der Waals surface area contributed by atoms with E-state index in [4.69, 9.17) is 17.0 Å². The average Bonchev–Trinajstić information content (AvgIpc) is 2.75. The number of likely N-dealkylation sites (tertiary alicyclic amines) is 1. The lowest BCUT2D eigenvalue weighted by Crippen LogP contribution is -2.52. The molecule has 3 N–H and O–H groups in total. The Bertz CT molecular complexity index is 882. The number of nitrogens with zero attached hydrogens (tertiary/aromatic N) is 3. The number of ether oxygens (including phenoxy) is 1. The van der Waals surface area contributed by atoms with E-state index in [9.17, 15) is 9.18 Å². The molecule has 1 aliphatic heterocycles. The average molecular weight is 433 g/mol. The monoisotopic (exact) mass is 432 g/mol. The third-order valence-corrected chi connectivity index (χ3v) is 5.21. The summed E-state index contributed by atoms with van der Waals surface area (Å²) in [6.45, 7) is 3.76. The van der Waals surface area contributed by atoms with Gasteiger partial charge in [0.2, 0.25) is 0 Å². The van der Waals surface area contributed by atoms with Crippen molar-refractivity contribution in [3.05, 3.63) is 48.2 Å². The van der Waals surface area contributed by atoms with Gasteiger partial charge in [-0.2, -0.15) is 0 Å². The molecular formula is C20H25FN6O2S. The molecule has 0 radical (unpaired) electrons. The molecule has 0 aliphatic carbocycles. The second-order valence-corrected chi connectivity index (χ2v) is 7.56. The molecule has 1 aliphatic rings. The number of carbonyl (C=O) groups excluding carboxylic acids is 1. The topological polar surface area (TPSA) is 91.4 Å². The SMILES string of the molecule is COC(=O)N1CC[C@@H](NC(=S)Nc2cncnc2NCc2ccc(F)cc2)[C@@H](C)C1. The molecular weight excluding hydrogens is 407 g/mol. The Labute approximate surface area is 180 Å². The minimum atomic E-state index is -0.306. The lowest BCUT2D eigenvalue weighted by molar-refractivity contribution is 0.0972. The highest BCUT2D eigenvalue weighted by Gasteiger charge is 2.29. The van der Waals surface area contributed by atoms with Crippen molar-refractivity contribution >= 4 is 34.9 Å². The minimum Gasteiger partial charge on any atom is -0.453 e. The number of anilines is 2. The molecule has 2 atom stereocenters. The lowest BCUT2D eigenvalue weighted by atomic mass is 9.94. The summed E-state index contributed by atoms with van der Waals surface area (Å²) in [6.07, 6.45) is 3.54. The van der Waals surface area contributed by atoms with E-state index in [2.05, 4.69) is 32.8 Å². The first-order valence-electron chi connectivity index (χ1n) is 9.65. The number of benzene rings is 1. The fourth-order valence-corrected chi connectivity index (χ4v) is 3.59. The van der Waals surface area contributed by atoms with Crippen LogP contribution in [0.1, 0.15) is 18.9 Å². The summed E-state index contributed by atoms with van der Waals surface area (Å²) in [7, 11) is 1.39. The largest absolute Gasteiger partial charge is 0.453 e. The van der Waals surface area contributed by atoms with Crippen molar-refractivity contribution in [3.8, 4) is 0 Å². The fourth-order valence-electron chi connectivity index (χ4n) is 3.33. The van der Waals surface area contributed by atoms with E-state index in [0.29, 0.717) is 36.3 Å². The lowest BCUT2D eigenvalue weighted by Gasteiger charge is -2.36. The molecule has 2 heterocycles. The third kappa shape index (κ3) is 5.76. The Morgan fingerprint density at radius 3 is 2.83 bits per heavy atom. The van der Waals surface area contributed by atoms with Crippen molar-refractivity contribution in [1.29, 1.82) is 0 Å². The molecule has 30 heavy (non-hydrogen) atoms. The summed E-state index contributed by atoms with van der Waals surface area (Å²) in [6, 6.07) is 6.39. The van der Waals surface area contributed by atoms with Gasteiger partial charge in [-0.15, -0.1) is 0 Å². The fraction of sp³-hybridized carbons (Fsp3) is 0.400. The van der Waals surface area contributed by atoms with Gasteiger partial charge in [0.1, 0.15) is 17.8 Å². The summed E-state index contributed by atoms with van der Waals surface area (Å²) < 4.78 is 17.9. The Kier molecular flexibility index (Phi) is 7.34. The number of rotatable bonds is 5. The molecule has 0 bridgehead atoms. The Hall–Kier alpha value is -3.01. The number of halogens is 1. The molecule has 2 aromatic rings. The van der Waals surface area contributed by atoms with Gasteiger partial charge in [-0.3, -0.25) is 0 Å². The summed E-state index contributed by atoms with van der Waals surface area (Å²) in [5.74, 6) is 0.527. The van der Waals surface area contributed by atoms with Crippen LogP contribution in [0.2, 0.25) is 0 Å². The molecule has 3 rings (SSSR count). The van der Waals surface area contributed by atoms with Gasteiger partial charge in [0.05, 0.1) is 13.3 Å². The van der Waals surface area contributed by atoms with E-state index >= 15 is 0 Å².